The molecule has 0 saturated carbocycles. The Bertz CT molecular complexity index is 683. The van der Waals surface area contributed by atoms with Crippen molar-refractivity contribution in [3.63, 3.8) is 0 Å². The molecule has 0 aromatic heterocycles. The van der Waals surface area contributed by atoms with Crippen molar-refractivity contribution in [3.8, 4) is 0 Å². The summed E-state index contributed by atoms with van der Waals surface area (Å²) in [6.45, 7) is 2.06. The molecule has 0 spiro atoms. The first kappa shape index (κ1) is 9.34. The van der Waals surface area contributed by atoms with E-state index < -0.39 is 0 Å². The molecule has 3 aromatic carbocycles. The third kappa shape index (κ3) is 1.28. The molecule has 0 aliphatic carbocycles. The van der Waals surface area contributed by atoms with E-state index in [1.54, 1.807) is 6.07 Å². The smallest absolute Gasteiger partial charge is 0.123 e. The van der Waals surface area contributed by atoms with Crippen LogP contribution in [0.5, 0.6) is 0 Å². The molecule has 0 fully saturated rings. The molecule has 78 valence electrons. The minimum absolute atomic E-state index is 0.178. The Hall–Kier alpha value is -1.89. The molecule has 0 N–H and O–H groups in total. The van der Waals surface area contributed by atoms with E-state index in [1.165, 1.54) is 11.6 Å². The second-order valence-electron chi connectivity index (χ2n) is 4.10. The van der Waals surface area contributed by atoms with Crippen LogP contribution in [0, 0.1) is 12.7 Å². The maximum atomic E-state index is 13.3. The van der Waals surface area contributed by atoms with Crippen LogP contribution in [-0.2, 0) is 0 Å². The first-order valence-corrected chi connectivity index (χ1v) is 5.33. The van der Waals surface area contributed by atoms with Gasteiger partial charge in [-0.2, -0.15) is 0 Å². The van der Waals surface area contributed by atoms with E-state index >= 15 is 0 Å². The molecule has 1 heteroatoms. The van der Waals surface area contributed by atoms with Gasteiger partial charge in [0.2, 0.25) is 0 Å². The van der Waals surface area contributed by atoms with Crippen LogP contribution in [0.3, 0.4) is 0 Å². The number of hydrogen-bond acceptors (Lipinski definition) is 0. The monoisotopic (exact) mass is 210 g/mol. The lowest BCUT2D eigenvalue weighted by molar-refractivity contribution is 0.630. The average Bonchev–Trinajstić information content (AvgIpc) is 2.29. The molecule has 0 bridgehead atoms. The molecule has 0 radical (unpaired) electrons. The van der Waals surface area contributed by atoms with Crippen LogP contribution in [0.2, 0.25) is 0 Å². The van der Waals surface area contributed by atoms with Crippen molar-refractivity contribution < 1.29 is 4.39 Å². The van der Waals surface area contributed by atoms with Crippen LogP contribution in [-0.4, -0.2) is 0 Å². The van der Waals surface area contributed by atoms with Crippen molar-refractivity contribution in [2.75, 3.05) is 0 Å². The fourth-order valence-corrected chi connectivity index (χ4v) is 2.26. The summed E-state index contributed by atoms with van der Waals surface area (Å²) >= 11 is 0. The first-order valence-electron chi connectivity index (χ1n) is 5.33. The van der Waals surface area contributed by atoms with Crippen molar-refractivity contribution in [1.29, 1.82) is 0 Å². The summed E-state index contributed by atoms with van der Waals surface area (Å²) < 4.78 is 13.3. The number of aryl methyl sites for hydroxylation is 1. The van der Waals surface area contributed by atoms with E-state index in [9.17, 15) is 4.39 Å². The van der Waals surface area contributed by atoms with Crippen molar-refractivity contribution in [3.05, 3.63) is 59.9 Å². The minimum Gasteiger partial charge on any atom is -0.207 e. The van der Waals surface area contributed by atoms with Gasteiger partial charge in [-0.25, -0.2) is 4.39 Å². The highest BCUT2D eigenvalue weighted by atomic mass is 19.1. The number of fused-ring (bicyclic) bond motifs is 3. The van der Waals surface area contributed by atoms with Gasteiger partial charge in [0.25, 0.3) is 0 Å². The highest BCUT2D eigenvalue weighted by Gasteiger charge is 2.04. The van der Waals surface area contributed by atoms with Crippen LogP contribution in [0.1, 0.15) is 5.56 Å². The van der Waals surface area contributed by atoms with Crippen molar-refractivity contribution in [2.45, 2.75) is 6.92 Å². The van der Waals surface area contributed by atoms with Crippen LogP contribution < -0.4 is 0 Å². The second kappa shape index (κ2) is 3.31. The van der Waals surface area contributed by atoms with E-state index in [0.717, 1.165) is 21.5 Å². The second-order valence-corrected chi connectivity index (χ2v) is 4.10. The zero-order valence-electron chi connectivity index (χ0n) is 9.00. The number of benzene rings is 3. The molecule has 0 saturated heterocycles. The maximum Gasteiger partial charge on any atom is 0.123 e. The van der Waals surface area contributed by atoms with E-state index in [2.05, 4.69) is 19.1 Å². The van der Waals surface area contributed by atoms with Crippen LogP contribution >= 0.6 is 0 Å². The van der Waals surface area contributed by atoms with Gasteiger partial charge >= 0.3 is 0 Å². The molecular formula is C15H11F. The van der Waals surface area contributed by atoms with Crippen molar-refractivity contribution in [2.24, 2.45) is 0 Å². The Labute approximate surface area is 93.3 Å². The molecule has 0 unspecified atom stereocenters. The molecule has 0 aliphatic rings. The van der Waals surface area contributed by atoms with Gasteiger partial charge in [-0.05, 0) is 46.2 Å². The first-order chi connectivity index (χ1) is 7.75. The normalized spacial score (nSPS) is 11.1. The van der Waals surface area contributed by atoms with Gasteiger partial charge in [0.15, 0.2) is 0 Å². The molecule has 0 nitrogen and oxygen atoms in total. The summed E-state index contributed by atoms with van der Waals surface area (Å²) in [6.07, 6.45) is 0. The fraction of sp³-hybridized carbons (Fsp3) is 0.0667. The highest BCUT2D eigenvalue weighted by molar-refractivity contribution is 6.08. The maximum absolute atomic E-state index is 13.3. The van der Waals surface area contributed by atoms with E-state index in [1.807, 2.05) is 24.3 Å². The zero-order chi connectivity index (χ0) is 11.1. The zero-order valence-corrected chi connectivity index (χ0v) is 9.00. The summed E-state index contributed by atoms with van der Waals surface area (Å²) in [5, 5.41) is 4.40. The third-order valence-corrected chi connectivity index (χ3v) is 3.03. The summed E-state index contributed by atoms with van der Waals surface area (Å²) in [4.78, 5) is 0. The molecule has 3 aromatic rings. The largest absolute Gasteiger partial charge is 0.207 e. The standard InChI is InChI=1S/C15H11F/c1-10-8-11-4-2-3-5-14(11)15-9-12(16)6-7-13(10)15/h2-9H,1H3. The quantitative estimate of drug-likeness (QED) is 0.481. The Morgan fingerprint density at radius 2 is 1.62 bits per heavy atom. The van der Waals surface area contributed by atoms with Gasteiger partial charge in [0.05, 0.1) is 0 Å². The Morgan fingerprint density at radius 1 is 0.812 bits per heavy atom. The Morgan fingerprint density at radius 3 is 2.50 bits per heavy atom. The van der Waals surface area contributed by atoms with Gasteiger partial charge in [-0.15, -0.1) is 0 Å². The van der Waals surface area contributed by atoms with Gasteiger partial charge in [0.1, 0.15) is 5.82 Å². The third-order valence-electron chi connectivity index (χ3n) is 3.03. The van der Waals surface area contributed by atoms with Gasteiger partial charge in [-0.3, -0.25) is 0 Å². The van der Waals surface area contributed by atoms with E-state index in [-0.39, 0.29) is 5.82 Å². The molecule has 0 amide bonds. The summed E-state index contributed by atoms with van der Waals surface area (Å²) in [5.41, 5.74) is 1.19. The molecule has 0 aliphatic heterocycles. The summed E-state index contributed by atoms with van der Waals surface area (Å²) in [6, 6.07) is 15.2. The molecule has 16 heavy (non-hydrogen) atoms. The average molecular weight is 210 g/mol. The summed E-state index contributed by atoms with van der Waals surface area (Å²) in [7, 11) is 0. The lowest BCUT2D eigenvalue weighted by Gasteiger charge is -2.07. The molecular weight excluding hydrogens is 199 g/mol. The van der Waals surface area contributed by atoms with Gasteiger partial charge < -0.3 is 0 Å². The fourth-order valence-electron chi connectivity index (χ4n) is 2.26. The van der Waals surface area contributed by atoms with Crippen LogP contribution in [0.4, 0.5) is 4.39 Å². The van der Waals surface area contributed by atoms with Crippen molar-refractivity contribution >= 4 is 21.5 Å². The predicted octanol–water partition coefficient (Wildman–Crippen LogP) is 4.44. The number of rotatable bonds is 0. The van der Waals surface area contributed by atoms with Gasteiger partial charge in [0, 0.05) is 0 Å². The summed E-state index contributed by atoms with van der Waals surface area (Å²) in [5.74, 6) is -0.178. The predicted molar refractivity (Wildman–Crippen MR) is 66.1 cm³/mol. The lowest BCUT2D eigenvalue weighted by atomic mass is 9.98. The minimum atomic E-state index is -0.178. The highest BCUT2D eigenvalue weighted by Crippen LogP contribution is 2.28. The van der Waals surface area contributed by atoms with Crippen LogP contribution in [0.25, 0.3) is 21.5 Å². The van der Waals surface area contributed by atoms with Gasteiger partial charge in [-0.1, -0.05) is 36.4 Å². The SMILES string of the molecule is Cc1cc2ccccc2c2cc(F)ccc12. The molecule has 3 rings (SSSR count). The van der Waals surface area contributed by atoms with Crippen molar-refractivity contribution in [1.82, 2.24) is 0 Å². The van der Waals surface area contributed by atoms with E-state index in [0.29, 0.717) is 0 Å². The lowest BCUT2D eigenvalue weighted by Crippen LogP contribution is -1.83. The van der Waals surface area contributed by atoms with E-state index in [4.69, 9.17) is 0 Å². The number of hydrogen-bond donors (Lipinski definition) is 0. The Balaban J connectivity index is 2.61. The molecule has 0 heterocycles. The molecule has 0 atom stereocenters. The number of halogens is 1. The topological polar surface area (TPSA) is 0 Å². The van der Waals surface area contributed by atoms with Crippen LogP contribution in [0.15, 0.2) is 48.5 Å². The Kier molecular flexibility index (Phi) is 1.93.